The molecule has 0 bridgehead atoms. The molecule has 0 aromatic carbocycles. The van der Waals surface area contributed by atoms with Gasteiger partial charge in [-0.1, -0.05) is 0 Å². The van der Waals surface area contributed by atoms with Gasteiger partial charge in [-0.05, 0) is 25.7 Å². The van der Waals surface area contributed by atoms with Crippen LogP contribution in [-0.4, -0.2) is 52.4 Å². The maximum absolute atomic E-state index is 12.1. The van der Waals surface area contributed by atoms with Crippen molar-refractivity contribution in [3.63, 3.8) is 0 Å². The molecule has 8 nitrogen and oxygen atoms in total. The molecule has 1 aliphatic carbocycles. The van der Waals surface area contributed by atoms with Gasteiger partial charge in [-0.25, -0.2) is 4.79 Å². The SMILES string of the molecule is CC1(C2CC2)NC(=O)N(CC(=O)NCC(=O)O)C1=O. The lowest BCUT2D eigenvalue weighted by Gasteiger charge is -2.20. The van der Waals surface area contributed by atoms with Crippen LogP contribution in [0.2, 0.25) is 0 Å². The van der Waals surface area contributed by atoms with Crippen LogP contribution in [0.4, 0.5) is 4.79 Å². The van der Waals surface area contributed by atoms with Gasteiger partial charge in [-0.15, -0.1) is 0 Å². The van der Waals surface area contributed by atoms with Crippen molar-refractivity contribution in [2.45, 2.75) is 25.3 Å². The molecule has 1 heterocycles. The van der Waals surface area contributed by atoms with Gasteiger partial charge in [-0.2, -0.15) is 0 Å². The Morgan fingerprint density at radius 1 is 1.47 bits per heavy atom. The fraction of sp³-hybridized carbons (Fsp3) is 0.636. The van der Waals surface area contributed by atoms with E-state index in [1.807, 2.05) is 0 Å². The third-order valence-corrected chi connectivity index (χ3v) is 3.43. The maximum Gasteiger partial charge on any atom is 0.325 e. The lowest BCUT2D eigenvalue weighted by atomic mass is 9.96. The van der Waals surface area contributed by atoms with Gasteiger partial charge in [0.25, 0.3) is 5.91 Å². The second-order valence-electron chi connectivity index (χ2n) is 4.97. The van der Waals surface area contributed by atoms with Crippen LogP contribution in [0, 0.1) is 5.92 Å². The molecular formula is C11H15N3O5. The summed E-state index contributed by atoms with van der Waals surface area (Å²) in [7, 11) is 0. The van der Waals surface area contributed by atoms with Crippen molar-refractivity contribution in [1.82, 2.24) is 15.5 Å². The third-order valence-electron chi connectivity index (χ3n) is 3.43. The molecule has 8 heteroatoms. The summed E-state index contributed by atoms with van der Waals surface area (Å²) in [5, 5.41) is 13.1. The van der Waals surface area contributed by atoms with Crippen molar-refractivity contribution in [2.24, 2.45) is 5.92 Å². The molecule has 0 aromatic rings. The first-order valence-electron chi connectivity index (χ1n) is 5.97. The normalized spacial score (nSPS) is 26.3. The first kappa shape index (κ1) is 13.3. The average Bonchev–Trinajstić information content (AvgIpc) is 3.13. The minimum absolute atomic E-state index is 0.121. The number of rotatable bonds is 5. The molecule has 3 N–H and O–H groups in total. The Labute approximate surface area is 109 Å². The predicted molar refractivity (Wildman–Crippen MR) is 62.0 cm³/mol. The van der Waals surface area contributed by atoms with Crippen LogP contribution >= 0.6 is 0 Å². The second kappa shape index (κ2) is 4.52. The summed E-state index contributed by atoms with van der Waals surface area (Å²) < 4.78 is 0. The summed E-state index contributed by atoms with van der Waals surface area (Å²) in [5.74, 6) is -2.17. The van der Waals surface area contributed by atoms with E-state index in [2.05, 4.69) is 10.6 Å². The fourth-order valence-corrected chi connectivity index (χ4v) is 2.17. The zero-order valence-electron chi connectivity index (χ0n) is 10.4. The number of urea groups is 1. The van der Waals surface area contributed by atoms with Crippen molar-refractivity contribution in [3.05, 3.63) is 0 Å². The number of carbonyl (C=O) groups excluding carboxylic acids is 3. The Morgan fingerprint density at radius 2 is 2.11 bits per heavy atom. The average molecular weight is 269 g/mol. The van der Waals surface area contributed by atoms with Crippen molar-refractivity contribution in [1.29, 1.82) is 0 Å². The van der Waals surface area contributed by atoms with E-state index in [-0.39, 0.29) is 5.92 Å². The van der Waals surface area contributed by atoms with Gasteiger partial charge in [0.05, 0.1) is 0 Å². The van der Waals surface area contributed by atoms with E-state index in [9.17, 15) is 19.2 Å². The van der Waals surface area contributed by atoms with Gasteiger partial charge in [0.1, 0.15) is 18.6 Å². The van der Waals surface area contributed by atoms with Crippen molar-refractivity contribution in [3.8, 4) is 0 Å². The number of amides is 4. The van der Waals surface area contributed by atoms with Crippen LogP contribution in [0.5, 0.6) is 0 Å². The highest BCUT2D eigenvalue weighted by molar-refractivity contribution is 6.09. The number of hydrogen-bond donors (Lipinski definition) is 3. The van der Waals surface area contributed by atoms with E-state index in [1.165, 1.54) is 0 Å². The third kappa shape index (κ3) is 2.51. The zero-order chi connectivity index (χ0) is 14.2. The van der Waals surface area contributed by atoms with Gasteiger partial charge in [0.15, 0.2) is 0 Å². The Hall–Kier alpha value is -2.12. The quantitative estimate of drug-likeness (QED) is 0.548. The standard InChI is InChI=1S/C11H15N3O5/c1-11(6-2-3-6)9(18)14(10(19)13-11)5-7(15)12-4-8(16)17/h6H,2-5H2,1H3,(H,12,15)(H,13,19)(H,16,17). The lowest BCUT2D eigenvalue weighted by Crippen LogP contribution is -2.47. The Kier molecular flexibility index (Phi) is 3.17. The van der Waals surface area contributed by atoms with E-state index >= 15 is 0 Å². The van der Waals surface area contributed by atoms with Crippen LogP contribution < -0.4 is 10.6 Å². The second-order valence-corrected chi connectivity index (χ2v) is 4.97. The molecule has 1 saturated carbocycles. The number of carboxylic acid groups (broad SMARTS) is 1. The van der Waals surface area contributed by atoms with Gasteiger partial charge in [0.2, 0.25) is 5.91 Å². The number of nitrogens with one attached hydrogen (secondary N) is 2. The Balaban J connectivity index is 1.97. The summed E-state index contributed by atoms with van der Waals surface area (Å²) in [5.41, 5.74) is -0.926. The van der Waals surface area contributed by atoms with Crippen LogP contribution in [0.25, 0.3) is 0 Å². The summed E-state index contributed by atoms with van der Waals surface area (Å²) in [6.45, 7) is 0.655. The summed E-state index contributed by atoms with van der Waals surface area (Å²) >= 11 is 0. The van der Waals surface area contributed by atoms with Crippen LogP contribution in [0.3, 0.4) is 0 Å². The highest BCUT2D eigenvalue weighted by atomic mass is 16.4. The molecule has 0 aromatic heterocycles. The van der Waals surface area contributed by atoms with Crippen molar-refractivity contribution >= 4 is 23.8 Å². The van der Waals surface area contributed by atoms with Crippen molar-refractivity contribution < 1.29 is 24.3 Å². The number of nitrogens with zero attached hydrogens (tertiary/aromatic N) is 1. The topological polar surface area (TPSA) is 116 Å². The molecule has 19 heavy (non-hydrogen) atoms. The summed E-state index contributed by atoms with van der Waals surface area (Å²) in [6, 6.07) is -0.607. The molecule has 1 atom stereocenters. The van der Waals surface area contributed by atoms with Gasteiger partial charge in [-0.3, -0.25) is 19.3 Å². The minimum atomic E-state index is -1.19. The highest BCUT2D eigenvalue weighted by Crippen LogP contribution is 2.42. The number of carboxylic acids is 1. The van der Waals surface area contributed by atoms with Crippen LogP contribution in [0.1, 0.15) is 19.8 Å². The molecule has 2 rings (SSSR count). The highest BCUT2D eigenvalue weighted by Gasteiger charge is 2.56. The summed E-state index contributed by atoms with van der Waals surface area (Å²) in [4.78, 5) is 46.4. The smallest absolute Gasteiger partial charge is 0.325 e. The van der Waals surface area contributed by atoms with Gasteiger partial charge < -0.3 is 15.7 Å². The number of carbonyl (C=O) groups is 4. The Morgan fingerprint density at radius 3 is 2.63 bits per heavy atom. The van der Waals surface area contributed by atoms with E-state index in [4.69, 9.17) is 5.11 Å². The van der Waals surface area contributed by atoms with Crippen molar-refractivity contribution in [2.75, 3.05) is 13.1 Å². The number of imide groups is 1. The van der Waals surface area contributed by atoms with E-state index in [0.717, 1.165) is 17.7 Å². The lowest BCUT2D eigenvalue weighted by molar-refractivity contribution is -0.138. The fourth-order valence-electron chi connectivity index (χ4n) is 2.17. The largest absolute Gasteiger partial charge is 0.480 e. The van der Waals surface area contributed by atoms with E-state index in [1.54, 1.807) is 6.92 Å². The zero-order valence-corrected chi connectivity index (χ0v) is 10.4. The molecule has 4 amide bonds. The minimum Gasteiger partial charge on any atom is -0.480 e. The molecule has 1 aliphatic heterocycles. The molecule has 2 aliphatic rings. The van der Waals surface area contributed by atoms with E-state index in [0.29, 0.717) is 0 Å². The number of aliphatic carboxylic acids is 1. The first-order valence-corrected chi connectivity index (χ1v) is 5.97. The molecule has 104 valence electrons. The van der Waals surface area contributed by atoms with Crippen LogP contribution in [0.15, 0.2) is 0 Å². The van der Waals surface area contributed by atoms with Crippen LogP contribution in [-0.2, 0) is 14.4 Å². The molecule has 1 saturated heterocycles. The molecule has 0 radical (unpaired) electrons. The molecule has 1 unspecified atom stereocenters. The van der Waals surface area contributed by atoms with Gasteiger partial charge in [0, 0.05) is 0 Å². The van der Waals surface area contributed by atoms with Gasteiger partial charge >= 0.3 is 12.0 Å². The molecule has 2 fully saturated rings. The number of hydrogen-bond acceptors (Lipinski definition) is 4. The maximum atomic E-state index is 12.1. The monoisotopic (exact) mass is 269 g/mol. The summed E-state index contributed by atoms with van der Waals surface area (Å²) in [6.07, 6.45) is 1.75. The molecular weight excluding hydrogens is 254 g/mol. The predicted octanol–water partition coefficient (Wildman–Crippen LogP) is -1.09. The Bertz CT molecular complexity index is 459. The van der Waals surface area contributed by atoms with E-state index < -0.39 is 42.4 Å². The molecule has 0 spiro atoms. The first-order chi connectivity index (χ1) is 8.84.